The summed E-state index contributed by atoms with van der Waals surface area (Å²) in [6.45, 7) is 13.5. The van der Waals surface area contributed by atoms with Crippen LogP contribution >= 0.6 is 11.8 Å². The van der Waals surface area contributed by atoms with Gasteiger partial charge in [-0.15, -0.1) is 11.8 Å². The highest BCUT2D eigenvalue weighted by molar-refractivity contribution is 7.99. The molecule has 17 heteroatoms. The summed E-state index contributed by atoms with van der Waals surface area (Å²) in [6, 6.07) is 18.3. The van der Waals surface area contributed by atoms with E-state index in [0.29, 0.717) is 67.0 Å². The molecule has 3 aromatic rings. The van der Waals surface area contributed by atoms with Crippen LogP contribution in [0.15, 0.2) is 98.6 Å². The molecule has 65 heavy (non-hydrogen) atoms. The number of hydrogen-bond acceptors (Lipinski definition) is 11. The molecule has 2 bridgehead atoms. The Morgan fingerprint density at radius 2 is 1.52 bits per heavy atom. The van der Waals surface area contributed by atoms with Gasteiger partial charge >= 0.3 is 5.51 Å². The summed E-state index contributed by atoms with van der Waals surface area (Å²) >= 11 is 1.45. The molecule has 356 valence electrons. The molecule has 2 atom stereocenters. The predicted octanol–water partition coefficient (Wildman–Crippen LogP) is 8.19. The van der Waals surface area contributed by atoms with E-state index in [9.17, 15) is 40.2 Å². The van der Waals surface area contributed by atoms with E-state index in [4.69, 9.17) is 0 Å². The average molecular weight is 960 g/mol. The van der Waals surface area contributed by atoms with Crippen LogP contribution in [0.4, 0.5) is 24.5 Å². The minimum absolute atomic E-state index is 0.209. The lowest BCUT2D eigenvalue weighted by atomic mass is 9.33. The first-order valence-corrected chi connectivity index (χ1v) is 26.9. The third-order valence-corrected chi connectivity index (χ3v) is 18.6. The van der Waals surface area contributed by atoms with Crippen LogP contribution in [0.5, 0.6) is 0 Å². The van der Waals surface area contributed by atoms with Gasteiger partial charge in [0.25, 0.3) is 9.84 Å². The van der Waals surface area contributed by atoms with Gasteiger partial charge in [-0.3, -0.25) is 4.90 Å². The number of likely N-dealkylation sites (tertiary alicyclic amines) is 1. The lowest BCUT2D eigenvalue weighted by Crippen LogP contribution is -2.61. The van der Waals surface area contributed by atoms with Crippen molar-refractivity contribution in [2.75, 3.05) is 68.3 Å². The van der Waals surface area contributed by atoms with Crippen molar-refractivity contribution >= 4 is 43.0 Å². The zero-order chi connectivity index (χ0) is 46.4. The Bertz CT molecular complexity index is 2400. The number of benzene rings is 3. The molecule has 5 fully saturated rings. The highest BCUT2D eigenvalue weighted by Crippen LogP contribution is 2.77. The van der Waals surface area contributed by atoms with E-state index < -0.39 is 47.4 Å². The van der Waals surface area contributed by atoms with Gasteiger partial charge in [-0.25, -0.2) is 16.8 Å². The third-order valence-electron chi connectivity index (χ3n) is 14.5. The fourth-order valence-corrected chi connectivity index (χ4v) is 14.3. The summed E-state index contributed by atoms with van der Waals surface area (Å²) in [5.74, 6) is 0.368. The quantitative estimate of drug-likeness (QED) is 0.0592. The van der Waals surface area contributed by atoms with Crippen molar-refractivity contribution in [1.82, 2.24) is 14.5 Å². The lowest BCUT2D eigenvalue weighted by Gasteiger charge is -2.72. The van der Waals surface area contributed by atoms with Gasteiger partial charge in [0.2, 0.25) is 10.0 Å². The first kappa shape index (κ1) is 48.3. The summed E-state index contributed by atoms with van der Waals surface area (Å²) in [5.41, 5.74) is -0.205. The fourth-order valence-electron chi connectivity index (χ4n) is 11.2. The highest BCUT2D eigenvalue weighted by Gasteiger charge is 2.66. The maximum atomic E-state index is 14.2. The number of nitrogens with zero attached hydrogens (tertiary/aromatic N) is 3. The third kappa shape index (κ3) is 10.9. The molecule has 4 aliphatic carbocycles. The van der Waals surface area contributed by atoms with Crippen molar-refractivity contribution in [2.45, 2.75) is 117 Å². The van der Waals surface area contributed by atoms with Gasteiger partial charge in [0.1, 0.15) is 11.1 Å². The molecule has 3 aromatic carbocycles. The van der Waals surface area contributed by atoms with Gasteiger partial charge in [0.15, 0.2) is 0 Å². The van der Waals surface area contributed by atoms with E-state index in [-0.39, 0.29) is 17.4 Å². The lowest BCUT2D eigenvalue weighted by molar-refractivity contribution is -0.166. The van der Waals surface area contributed by atoms with E-state index in [1.165, 1.54) is 43.9 Å². The number of halogens is 3. The Kier molecular flexibility index (Phi) is 13.9. The number of thioether (sulfide) groups is 1. The highest BCUT2D eigenvalue weighted by atomic mass is 32.2. The van der Waals surface area contributed by atoms with Crippen molar-refractivity contribution in [2.24, 2.45) is 16.2 Å². The first-order valence-electron chi connectivity index (χ1n) is 22.9. The normalized spacial score (nSPS) is 25.4. The smallest absolute Gasteiger partial charge is 0.393 e. The fraction of sp³-hybridized carbons (Fsp3) is 0.583. The van der Waals surface area contributed by atoms with E-state index in [0.717, 1.165) is 61.9 Å². The summed E-state index contributed by atoms with van der Waals surface area (Å²) in [4.78, 5) is 5.91. The number of piperazine rings is 1. The second-order valence-electron chi connectivity index (χ2n) is 20.4. The van der Waals surface area contributed by atoms with Crippen LogP contribution < -0.4 is 14.9 Å². The summed E-state index contributed by atoms with van der Waals surface area (Å²) < 4.78 is 98.3. The molecule has 0 spiro atoms. The Morgan fingerprint density at radius 3 is 2.15 bits per heavy atom. The Hall–Kier alpha value is -3.16. The van der Waals surface area contributed by atoms with Crippen molar-refractivity contribution < 1.29 is 40.2 Å². The molecular formula is C48H64F3N5O6S3. The maximum absolute atomic E-state index is 14.2. The van der Waals surface area contributed by atoms with Gasteiger partial charge < -0.3 is 25.3 Å². The maximum Gasteiger partial charge on any atom is 0.501 e. The molecule has 9 rings (SSSR count). The number of piperidine rings is 1. The van der Waals surface area contributed by atoms with Gasteiger partial charge in [0, 0.05) is 74.7 Å². The number of sulfone groups is 1. The Balaban J connectivity index is 0.923. The number of allylic oxidation sites excluding steroid dienone is 1. The van der Waals surface area contributed by atoms with Gasteiger partial charge in [-0.2, -0.15) is 17.9 Å². The molecule has 2 saturated heterocycles. The number of aliphatic hydroxyl groups excluding tert-OH is 2. The minimum atomic E-state index is -6.04. The minimum Gasteiger partial charge on any atom is -0.393 e. The Labute approximate surface area is 387 Å². The number of hydrogen-bond donors (Lipinski definition) is 4. The number of rotatable bonds is 17. The first-order chi connectivity index (χ1) is 30.6. The molecule has 6 aliphatic rings. The zero-order valence-corrected chi connectivity index (χ0v) is 40.1. The number of sulfonamides is 1. The Morgan fingerprint density at radius 1 is 0.862 bits per heavy atom. The average Bonchev–Trinajstić information content (AvgIpc) is 3.24. The largest absolute Gasteiger partial charge is 0.501 e. The molecule has 4 N–H and O–H groups in total. The molecule has 2 heterocycles. The van der Waals surface area contributed by atoms with Gasteiger partial charge in [-0.1, -0.05) is 62.2 Å². The van der Waals surface area contributed by atoms with Crippen molar-refractivity contribution in [3.05, 3.63) is 89.5 Å². The molecule has 3 saturated carbocycles. The summed E-state index contributed by atoms with van der Waals surface area (Å²) in [5, 5.41) is 24.0. The second-order valence-corrected chi connectivity index (χ2v) is 25.1. The van der Waals surface area contributed by atoms with E-state index in [1.54, 1.807) is 23.3 Å². The van der Waals surface area contributed by atoms with E-state index >= 15 is 0 Å². The molecular weight excluding hydrogens is 896 g/mol. The topological polar surface area (TPSA) is 143 Å². The second kappa shape index (κ2) is 18.7. The van der Waals surface area contributed by atoms with Crippen LogP contribution in [0.1, 0.15) is 90.3 Å². The monoisotopic (exact) mass is 959 g/mol. The SMILES string of the molecule is CC1(C)CCC(C23CC(C)(C2)C3)=C(CN2CCN(c3ccc(C(O)NS(=O)(=O)c4ccc(N[C@H](CCN5CCC(O)CC5)CSc5ccccc5)c(S(=O)(=O)C(F)(F)F)c4)cc3)CC2)C1. The van der Waals surface area contributed by atoms with Crippen LogP contribution in [0, 0.1) is 16.2 Å². The van der Waals surface area contributed by atoms with Crippen molar-refractivity contribution in [3.63, 3.8) is 0 Å². The zero-order valence-electron chi connectivity index (χ0n) is 37.6. The van der Waals surface area contributed by atoms with Crippen LogP contribution in [-0.4, -0.2) is 113 Å². The summed E-state index contributed by atoms with van der Waals surface area (Å²) in [6.07, 6.45) is 7.17. The molecule has 0 amide bonds. The standard InChI is InChI=1S/C48H64F3N5O6S3/c1-45(2)19-15-41(47-31-46(3,32-47)33-47)35(28-45)29-55-23-25-56(26-24-55)37-11-9-34(10-12-37)44(58)53-65(61,62)40-13-14-42(43(27-40)64(59,60)48(49,50)51)52-36(30-63-39-7-5-4-6-8-39)16-20-54-21-17-38(57)18-22-54/h4-14,27,36,38,44,52-53,57-58H,15-26,28-33H2,1-3H3/t36-,44?,46?,47?/m1/s1. The van der Waals surface area contributed by atoms with Gasteiger partial charge in [0.05, 0.1) is 16.7 Å². The number of anilines is 2. The van der Waals surface area contributed by atoms with Crippen LogP contribution in [-0.2, 0) is 19.9 Å². The molecule has 2 aliphatic heterocycles. The summed E-state index contributed by atoms with van der Waals surface area (Å²) in [7, 11) is -10.8. The molecule has 0 radical (unpaired) electrons. The van der Waals surface area contributed by atoms with Crippen LogP contribution in [0.25, 0.3) is 0 Å². The van der Waals surface area contributed by atoms with Gasteiger partial charge in [-0.05, 0) is 122 Å². The number of alkyl halides is 3. The van der Waals surface area contributed by atoms with Crippen LogP contribution in [0.3, 0.4) is 0 Å². The molecule has 1 unspecified atom stereocenters. The van der Waals surface area contributed by atoms with Crippen molar-refractivity contribution in [1.29, 1.82) is 0 Å². The molecule has 0 aromatic heterocycles. The van der Waals surface area contributed by atoms with Crippen LogP contribution in [0.2, 0.25) is 0 Å². The molecule has 11 nitrogen and oxygen atoms in total. The van der Waals surface area contributed by atoms with Crippen molar-refractivity contribution in [3.8, 4) is 0 Å². The number of aliphatic hydroxyl groups is 2. The van der Waals surface area contributed by atoms with E-state index in [2.05, 4.69) is 45.5 Å². The number of nitrogens with one attached hydrogen (secondary N) is 2. The predicted molar refractivity (Wildman–Crippen MR) is 250 cm³/mol. The van der Waals surface area contributed by atoms with E-state index in [1.807, 2.05) is 42.5 Å².